The third-order valence-corrected chi connectivity index (χ3v) is 5.51. The van der Waals surface area contributed by atoms with Crippen molar-refractivity contribution in [2.75, 3.05) is 5.32 Å². The van der Waals surface area contributed by atoms with Gasteiger partial charge in [-0.25, -0.2) is 4.39 Å². The number of rotatable bonds is 7. The van der Waals surface area contributed by atoms with E-state index in [-0.39, 0.29) is 29.7 Å². The number of amides is 3. The van der Waals surface area contributed by atoms with Gasteiger partial charge in [-0.15, -0.1) is 0 Å². The van der Waals surface area contributed by atoms with Crippen molar-refractivity contribution in [3.63, 3.8) is 0 Å². The van der Waals surface area contributed by atoms with Crippen LogP contribution in [0.1, 0.15) is 59.5 Å². The van der Waals surface area contributed by atoms with E-state index in [1.807, 2.05) is 18.2 Å². The average Bonchev–Trinajstić information content (AvgIpc) is 2.82. The maximum absolute atomic E-state index is 13.1. The summed E-state index contributed by atoms with van der Waals surface area (Å²) in [5, 5.41) is 8.27. The van der Waals surface area contributed by atoms with Gasteiger partial charge in [0.25, 0.3) is 11.8 Å². The minimum atomic E-state index is -0.730. The summed E-state index contributed by atoms with van der Waals surface area (Å²) < 4.78 is 13.1. The summed E-state index contributed by atoms with van der Waals surface area (Å²) in [6.45, 7) is 8.15. The molecule has 0 aliphatic carbocycles. The zero-order valence-corrected chi connectivity index (χ0v) is 20.3. The Morgan fingerprint density at radius 1 is 0.857 bits per heavy atom. The monoisotopic (exact) mass is 475 g/mol. The fourth-order valence-corrected chi connectivity index (χ4v) is 3.37. The van der Waals surface area contributed by atoms with Crippen LogP contribution in [0, 0.1) is 5.82 Å². The zero-order valence-electron chi connectivity index (χ0n) is 20.3. The molecule has 1 atom stereocenters. The van der Waals surface area contributed by atoms with Crippen molar-refractivity contribution in [1.29, 1.82) is 0 Å². The number of nitrogens with one attached hydrogen (secondary N) is 3. The van der Waals surface area contributed by atoms with Crippen molar-refractivity contribution in [2.24, 2.45) is 0 Å². The Kier molecular flexibility index (Phi) is 8.02. The molecule has 182 valence electrons. The molecule has 0 bridgehead atoms. The fourth-order valence-electron chi connectivity index (χ4n) is 3.37. The Morgan fingerprint density at radius 2 is 1.46 bits per heavy atom. The maximum Gasteiger partial charge on any atom is 0.255 e. The molecule has 0 aliphatic heterocycles. The van der Waals surface area contributed by atoms with E-state index < -0.39 is 11.9 Å². The van der Waals surface area contributed by atoms with E-state index >= 15 is 0 Å². The number of carbonyl (C=O) groups is 3. The van der Waals surface area contributed by atoms with E-state index in [1.54, 1.807) is 37.3 Å². The summed E-state index contributed by atoms with van der Waals surface area (Å²) in [4.78, 5) is 37.4. The van der Waals surface area contributed by atoms with Gasteiger partial charge in [-0.1, -0.05) is 45.0 Å². The van der Waals surface area contributed by atoms with Crippen LogP contribution in [0.25, 0.3) is 0 Å². The molecule has 3 aromatic rings. The summed E-state index contributed by atoms with van der Waals surface area (Å²) in [5.41, 5.74) is 3.25. The van der Waals surface area contributed by atoms with Gasteiger partial charge in [0.1, 0.15) is 11.9 Å². The largest absolute Gasteiger partial charge is 0.350 e. The molecule has 0 radical (unpaired) electrons. The first-order valence-electron chi connectivity index (χ1n) is 11.4. The number of hydrogen-bond acceptors (Lipinski definition) is 3. The minimum Gasteiger partial charge on any atom is -0.350 e. The van der Waals surface area contributed by atoms with E-state index in [9.17, 15) is 18.8 Å². The molecular weight excluding hydrogens is 445 g/mol. The second kappa shape index (κ2) is 11.0. The molecule has 6 nitrogen and oxygen atoms in total. The van der Waals surface area contributed by atoms with Crippen molar-refractivity contribution < 1.29 is 18.8 Å². The van der Waals surface area contributed by atoms with E-state index in [1.165, 1.54) is 24.3 Å². The average molecular weight is 476 g/mol. The van der Waals surface area contributed by atoms with Crippen LogP contribution < -0.4 is 16.0 Å². The van der Waals surface area contributed by atoms with Gasteiger partial charge in [0.05, 0.1) is 0 Å². The van der Waals surface area contributed by atoms with Crippen LogP contribution in [0.5, 0.6) is 0 Å². The number of anilines is 1. The first-order chi connectivity index (χ1) is 16.5. The number of benzene rings is 3. The van der Waals surface area contributed by atoms with E-state index in [0.717, 1.165) is 11.1 Å². The highest BCUT2D eigenvalue weighted by Gasteiger charge is 2.18. The molecule has 3 N–H and O–H groups in total. The lowest BCUT2D eigenvalue weighted by Gasteiger charge is -2.19. The molecule has 0 saturated heterocycles. The molecule has 3 amide bonds. The second-order valence-corrected chi connectivity index (χ2v) is 9.40. The highest BCUT2D eigenvalue weighted by Crippen LogP contribution is 2.22. The topological polar surface area (TPSA) is 87.3 Å². The van der Waals surface area contributed by atoms with Crippen LogP contribution in [0.15, 0.2) is 72.8 Å². The van der Waals surface area contributed by atoms with Crippen LogP contribution in [-0.4, -0.2) is 23.8 Å². The van der Waals surface area contributed by atoms with Crippen LogP contribution in [0.4, 0.5) is 10.1 Å². The number of halogens is 1. The molecule has 3 rings (SSSR count). The van der Waals surface area contributed by atoms with Crippen molar-refractivity contribution in [2.45, 2.75) is 45.7 Å². The highest BCUT2D eigenvalue weighted by atomic mass is 19.1. The molecule has 0 spiro atoms. The molecule has 7 heteroatoms. The molecule has 3 aromatic carbocycles. The summed E-state index contributed by atoms with van der Waals surface area (Å²) in [7, 11) is 0. The summed E-state index contributed by atoms with van der Waals surface area (Å²) in [6, 6.07) is 18.9. The highest BCUT2D eigenvalue weighted by molar-refractivity contribution is 6.04. The minimum absolute atomic E-state index is 0.0107. The molecular formula is C28H30FN3O3. The van der Waals surface area contributed by atoms with E-state index in [0.29, 0.717) is 16.8 Å². The lowest BCUT2D eigenvalue weighted by Crippen LogP contribution is -2.44. The van der Waals surface area contributed by atoms with E-state index in [2.05, 4.69) is 36.7 Å². The van der Waals surface area contributed by atoms with E-state index in [4.69, 9.17) is 0 Å². The molecule has 0 saturated carbocycles. The van der Waals surface area contributed by atoms with Gasteiger partial charge in [-0.05, 0) is 72.0 Å². The number of carbonyl (C=O) groups excluding carboxylic acids is 3. The van der Waals surface area contributed by atoms with Crippen LogP contribution in [0.2, 0.25) is 0 Å². The van der Waals surface area contributed by atoms with Crippen molar-refractivity contribution in [1.82, 2.24) is 10.6 Å². The summed E-state index contributed by atoms with van der Waals surface area (Å²) in [5.74, 6) is -1.43. The molecule has 0 heterocycles. The number of hydrogen-bond donors (Lipinski definition) is 3. The standard InChI is InChI=1S/C28H30FN3O3/c1-18(31-26(34)20-8-12-22(13-9-20)28(2,3)4)25(33)30-17-19-6-5-7-24(16-19)32-27(35)21-10-14-23(29)15-11-21/h5-16,18H,17H2,1-4H3,(H,30,33)(H,31,34)(H,32,35). The van der Waals surface area contributed by atoms with Gasteiger partial charge in [-0.3, -0.25) is 14.4 Å². The Hall–Kier alpha value is -4.00. The smallest absolute Gasteiger partial charge is 0.255 e. The fraction of sp³-hybridized carbons (Fsp3) is 0.250. The quantitative estimate of drug-likeness (QED) is 0.458. The lowest BCUT2D eigenvalue weighted by molar-refractivity contribution is -0.122. The Labute approximate surface area is 204 Å². The molecule has 35 heavy (non-hydrogen) atoms. The van der Waals surface area contributed by atoms with Gasteiger partial charge in [-0.2, -0.15) is 0 Å². The lowest BCUT2D eigenvalue weighted by atomic mass is 9.86. The molecule has 0 fully saturated rings. The molecule has 0 aromatic heterocycles. The Morgan fingerprint density at radius 3 is 2.09 bits per heavy atom. The first kappa shape index (κ1) is 25.6. The van der Waals surface area contributed by atoms with Gasteiger partial charge < -0.3 is 16.0 Å². The predicted molar refractivity (Wildman–Crippen MR) is 135 cm³/mol. The van der Waals surface area contributed by atoms with Crippen LogP contribution >= 0.6 is 0 Å². The van der Waals surface area contributed by atoms with Gasteiger partial charge >= 0.3 is 0 Å². The van der Waals surface area contributed by atoms with Crippen molar-refractivity contribution in [3.05, 3.63) is 101 Å². The normalized spacial score (nSPS) is 11.9. The molecule has 1 unspecified atom stereocenters. The van der Waals surface area contributed by atoms with Crippen LogP contribution in [0.3, 0.4) is 0 Å². The van der Waals surface area contributed by atoms with Crippen molar-refractivity contribution >= 4 is 23.4 Å². The molecule has 0 aliphatic rings. The second-order valence-electron chi connectivity index (χ2n) is 9.40. The maximum atomic E-state index is 13.1. The summed E-state index contributed by atoms with van der Waals surface area (Å²) in [6.07, 6.45) is 0. The zero-order chi connectivity index (χ0) is 25.6. The Balaban J connectivity index is 1.52. The Bertz CT molecular complexity index is 1200. The third kappa shape index (κ3) is 7.24. The predicted octanol–water partition coefficient (Wildman–Crippen LogP) is 4.81. The van der Waals surface area contributed by atoms with Crippen molar-refractivity contribution in [3.8, 4) is 0 Å². The van der Waals surface area contributed by atoms with Crippen LogP contribution in [-0.2, 0) is 16.8 Å². The van der Waals surface area contributed by atoms with Gasteiger partial charge in [0.2, 0.25) is 5.91 Å². The first-order valence-corrected chi connectivity index (χ1v) is 11.4. The van der Waals surface area contributed by atoms with Gasteiger partial charge in [0, 0.05) is 23.4 Å². The SMILES string of the molecule is CC(NC(=O)c1ccc(C(C)(C)C)cc1)C(=O)NCc1cccc(NC(=O)c2ccc(F)cc2)c1. The third-order valence-electron chi connectivity index (χ3n) is 5.51. The summed E-state index contributed by atoms with van der Waals surface area (Å²) >= 11 is 0. The van der Waals surface area contributed by atoms with Gasteiger partial charge in [0.15, 0.2) is 0 Å².